The van der Waals surface area contributed by atoms with Crippen LogP contribution in [0, 0.1) is 18.8 Å². The smallest absolute Gasteiger partial charge is 0.223 e. The molecule has 7 heteroatoms. The molecule has 1 N–H and O–H groups in total. The molecule has 2 aromatic rings. The molecule has 0 radical (unpaired) electrons. The number of carbonyl (C=O) groups excluding carboxylic acids is 1. The van der Waals surface area contributed by atoms with Gasteiger partial charge in [-0.25, -0.2) is 8.42 Å². The van der Waals surface area contributed by atoms with E-state index >= 15 is 0 Å². The Morgan fingerprint density at radius 3 is 2.44 bits per heavy atom. The Morgan fingerprint density at radius 2 is 1.84 bits per heavy atom. The van der Waals surface area contributed by atoms with E-state index in [0.29, 0.717) is 41.8 Å². The summed E-state index contributed by atoms with van der Waals surface area (Å²) < 4.78 is 29.9. The van der Waals surface area contributed by atoms with Crippen molar-refractivity contribution in [1.29, 1.82) is 0 Å². The number of hydrogen-bond acceptors (Lipinski definition) is 5. The van der Waals surface area contributed by atoms with Crippen molar-refractivity contribution in [3.05, 3.63) is 53.1 Å². The van der Waals surface area contributed by atoms with Crippen molar-refractivity contribution in [2.24, 2.45) is 11.8 Å². The third kappa shape index (κ3) is 5.44. The highest BCUT2D eigenvalue weighted by Gasteiger charge is 2.31. The zero-order valence-electron chi connectivity index (χ0n) is 19.5. The number of phenols is 1. The van der Waals surface area contributed by atoms with E-state index in [2.05, 4.69) is 13.8 Å². The van der Waals surface area contributed by atoms with Crippen LogP contribution in [0.4, 0.5) is 0 Å². The molecule has 1 heterocycles. The van der Waals surface area contributed by atoms with Crippen LogP contribution in [0.5, 0.6) is 11.5 Å². The zero-order valence-corrected chi connectivity index (χ0v) is 20.3. The van der Waals surface area contributed by atoms with Gasteiger partial charge in [-0.3, -0.25) is 4.79 Å². The van der Waals surface area contributed by atoms with Crippen LogP contribution in [0.25, 0.3) is 0 Å². The van der Waals surface area contributed by atoms with Gasteiger partial charge in [0.15, 0.2) is 9.84 Å². The minimum atomic E-state index is -3.43. The number of hydrogen-bond donors (Lipinski definition) is 1. The maximum atomic E-state index is 13.4. The molecule has 1 fully saturated rings. The van der Waals surface area contributed by atoms with Crippen molar-refractivity contribution in [2.45, 2.75) is 44.4 Å². The standard InChI is InChI=1S/C25H33NO5S/c1-16-10-22(27)25(23(11-16)31-4)21(19-7-6-8-20(12-19)32(5,29)30)13-24(28)26-14-17(2)9-18(3)15-26/h6-8,10-12,17-18,21,27H,9,13-15H2,1-5H3. The second kappa shape index (κ2) is 9.53. The fraction of sp³-hybridized carbons (Fsp3) is 0.480. The third-order valence-corrected chi connectivity index (χ3v) is 7.23. The van der Waals surface area contributed by atoms with Crippen LogP contribution in [0.2, 0.25) is 0 Å². The summed E-state index contributed by atoms with van der Waals surface area (Å²) in [7, 11) is -1.90. The average molecular weight is 460 g/mol. The molecule has 3 rings (SSSR count). The molecule has 0 bridgehead atoms. The van der Waals surface area contributed by atoms with Crippen molar-refractivity contribution in [2.75, 3.05) is 26.5 Å². The van der Waals surface area contributed by atoms with Crippen LogP contribution >= 0.6 is 0 Å². The van der Waals surface area contributed by atoms with E-state index in [-0.39, 0.29) is 23.0 Å². The number of carbonyl (C=O) groups is 1. The van der Waals surface area contributed by atoms with E-state index in [1.807, 2.05) is 17.9 Å². The van der Waals surface area contributed by atoms with Crippen LogP contribution < -0.4 is 4.74 Å². The Kier molecular flexibility index (Phi) is 7.18. The minimum Gasteiger partial charge on any atom is -0.507 e. The lowest BCUT2D eigenvalue weighted by Crippen LogP contribution is -2.43. The van der Waals surface area contributed by atoms with Gasteiger partial charge in [-0.05, 0) is 60.6 Å². The van der Waals surface area contributed by atoms with E-state index in [1.165, 1.54) is 13.2 Å². The molecule has 0 aromatic heterocycles. The van der Waals surface area contributed by atoms with Gasteiger partial charge in [0.25, 0.3) is 0 Å². The Labute approximate surface area is 191 Å². The topological polar surface area (TPSA) is 83.9 Å². The van der Waals surface area contributed by atoms with E-state index in [9.17, 15) is 18.3 Å². The maximum Gasteiger partial charge on any atom is 0.223 e. The molecule has 1 amide bonds. The maximum absolute atomic E-state index is 13.4. The minimum absolute atomic E-state index is 0.0137. The van der Waals surface area contributed by atoms with Crippen LogP contribution in [-0.4, -0.2) is 50.8 Å². The molecule has 6 nitrogen and oxygen atoms in total. The quantitative estimate of drug-likeness (QED) is 0.702. The first kappa shape index (κ1) is 24.1. The SMILES string of the molecule is COc1cc(C)cc(O)c1C(CC(=O)N1CC(C)CC(C)C1)c1cccc(S(C)(=O)=O)c1. The van der Waals surface area contributed by atoms with Gasteiger partial charge in [-0.1, -0.05) is 26.0 Å². The molecule has 0 aliphatic carbocycles. The predicted molar refractivity (Wildman–Crippen MR) is 125 cm³/mol. The van der Waals surface area contributed by atoms with Gasteiger partial charge < -0.3 is 14.7 Å². The number of benzene rings is 2. The van der Waals surface area contributed by atoms with Crippen LogP contribution in [0.3, 0.4) is 0 Å². The summed E-state index contributed by atoms with van der Waals surface area (Å²) in [5.74, 6) is 0.803. The normalized spacial score (nSPS) is 20.1. The first-order valence-electron chi connectivity index (χ1n) is 10.9. The van der Waals surface area contributed by atoms with Crippen molar-refractivity contribution >= 4 is 15.7 Å². The highest BCUT2D eigenvalue weighted by Crippen LogP contribution is 2.42. The number of aromatic hydroxyl groups is 1. The summed E-state index contributed by atoms with van der Waals surface area (Å²) in [6.45, 7) is 7.56. The molecule has 2 aromatic carbocycles. The number of likely N-dealkylation sites (tertiary alicyclic amines) is 1. The predicted octanol–water partition coefficient (Wildman–Crippen LogP) is 4.14. The number of rotatable bonds is 6. The van der Waals surface area contributed by atoms with Crippen molar-refractivity contribution < 1.29 is 23.1 Å². The lowest BCUT2D eigenvalue weighted by molar-refractivity contribution is -0.134. The highest BCUT2D eigenvalue weighted by atomic mass is 32.2. The average Bonchev–Trinajstić information content (AvgIpc) is 2.70. The number of ether oxygens (including phenoxy) is 1. The highest BCUT2D eigenvalue weighted by molar-refractivity contribution is 7.90. The van der Waals surface area contributed by atoms with Crippen LogP contribution in [0.1, 0.15) is 49.3 Å². The number of aryl methyl sites for hydroxylation is 1. The molecule has 1 aliphatic rings. The van der Waals surface area contributed by atoms with Gasteiger partial charge in [0.1, 0.15) is 11.5 Å². The second-order valence-corrected chi connectivity index (χ2v) is 11.3. The number of piperidine rings is 1. The molecule has 0 spiro atoms. The Morgan fingerprint density at radius 1 is 1.19 bits per heavy atom. The summed E-state index contributed by atoms with van der Waals surface area (Å²) in [5.41, 5.74) is 1.98. The molecule has 1 saturated heterocycles. The van der Waals surface area contributed by atoms with Gasteiger partial charge in [-0.15, -0.1) is 0 Å². The molecule has 32 heavy (non-hydrogen) atoms. The van der Waals surface area contributed by atoms with Gasteiger partial charge in [-0.2, -0.15) is 0 Å². The number of amides is 1. The Hall–Kier alpha value is -2.54. The first-order valence-corrected chi connectivity index (χ1v) is 12.8. The fourth-order valence-electron chi connectivity index (χ4n) is 4.78. The summed E-state index contributed by atoms with van der Waals surface area (Å²) in [4.78, 5) is 15.5. The summed E-state index contributed by atoms with van der Waals surface area (Å²) in [6, 6.07) is 10.1. The van der Waals surface area contributed by atoms with Crippen LogP contribution in [-0.2, 0) is 14.6 Å². The number of phenolic OH excluding ortho intramolecular Hbond substituents is 1. The van der Waals surface area contributed by atoms with Crippen molar-refractivity contribution in [1.82, 2.24) is 4.90 Å². The molecule has 174 valence electrons. The second-order valence-electron chi connectivity index (χ2n) is 9.25. The lowest BCUT2D eigenvalue weighted by atomic mass is 9.85. The summed E-state index contributed by atoms with van der Waals surface area (Å²) >= 11 is 0. The third-order valence-electron chi connectivity index (χ3n) is 6.12. The Balaban J connectivity index is 2.08. The van der Waals surface area contributed by atoms with Gasteiger partial charge in [0.05, 0.1) is 12.0 Å². The van der Waals surface area contributed by atoms with Gasteiger partial charge in [0.2, 0.25) is 5.91 Å². The Bertz CT molecular complexity index is 1090. The molecule has 3 unspecified atom stereocenters. The number of sulfone groups is 1. The van der Waals surface area contributed by atoms with E-state index in [4.69, 9.17) is 4.74 Å². The van der Waals surface area contributed by atoms with E-state index < -0.39 is 15.8 Å². The number of nitrogens with zero attached hydrogens (tertiary/aromatic N) is 1. The molecule has 0 saturated carbocycles. The van der Waals surface area contributed by atoms with Crippen molar-refractivity contribution in [3.63, 3.8) is 0 Å². The van der Waals surface area contributed by atoms with E-state index in [1.54, 1.807) is 24.3 Å². The number of methoxy groups -OCH3 is 1. The summed E-state index contributed by atoms with van der Waals surface area (Å²) in [5, 5.41) is 10.8. The van der Waals surface area contributed by atoms with Crippen molar-refractivity contribution in [3.8, 4) is 11.5 Å². The van der Waals surface area contributed by atoms with E-state index in [0.717, 1.165) is 18.2 Å². The van der Waals surface area contributed by atoms with Crippen LogP contribution in [0.15, 0.2) is 41.3 Å². The zero-order chi connectivity index (χ0) is 23.6. The fourth-order valence-corrected chi connectivity index (χ4v) is 5.46. The molecular formula is C25H33NO5S. The molecule has 1 aliphatic heterocycles. The molecular weight excluding hydrogens is 426 g/mol. The van der Waals surface area contributed by atoms with Gasteiger partial charge in [0, 0.05) is 37.2 Å². The molecule has 3 atom stereocenters. The summed E-state index contributed by atoms with van der Waals surface area (Å²) in [6.07, 6.45) is 2.36. The largest absolute Gasteiger partial charge is 0.507 e. The first-order chi connectivity index (χ1) is 15.0. The van der Waals surface area contributed by atoms with Gasteiger partial charge >= 0.3 is 0 Å². The lowest BCUT2D eigenvalue weighted by Gasteiger charge is -2.36. The monoisotopic (exact) mass is 459 g/mol.